The molecule has 30 heavy (non-hydrogen) atoms. The van der Waals surface area contributed by atoms with Gasteiger partial charge in [0.15, 0.2) is 6.61 Å². The van der Waals surface area contributed by atoms with E-state index in [2.05, 4.69) is 5.32 Å². The summed E-state index contributed by atoms with van der Waals surface area (Å²) in [5.74, 6) is -1.34. The van der Waals surface area contributed by atoms with Gasteiger partial charge in [-0.05, 0) is 42.5 Å². The highest BCUT2D eigenvalue weighted by molar-refractivity contribution is 7.89. The second-order valence-corrected chi connectivity index (χ2v) is 7.28. The van der Waals surface area contributed by atoms with Crippen molar-refractivity contribution in [3.8, 4) is 11.5 Å². The number of primary sulfonamides is 1. The Labute approximate surface area is 172 Å². The SMILES string of the molecule is COc1ccc(NC(=O)NC(=O)COC(=O)c2cc(S(N)(=O)=O)ccc2OC)cc1. The molecule has 2 aromatic carbocycles. The van der Waals surface area contributed by atoms with Crippen LogP contribution in [0.2, 0.25) is 0 Å². The summed E-state index contributed by atoms with van der Waals surface area (Å²) in [4.78, 5) is 35.6. The van der Waals surface area contributed by atoms with Gasteiger partial charge in [0.1, 0.15) is 17.1 Å². The van der Waals surface area contributed by atoms with Crippen molar-refractivity contribution in [1.82, 2.24) is 5.32 Å². The number of carbonyl (C=O) groups is 3. The van der Waals surface area contributed by atoms with Gasteiger partial charge in [-0.3, -0.25) is 10.1 Å². The van der Waals surface area contributed by atoms with Gasteiger partial charge in [0.2, 0.25) is 10.0 Å². The number of ether oxygens (including phenoxy) is 3. The summed E-state index contributed by atoms with van der Waals surface area (Å²) in [5, 5.41) is 9.44. The molecule has 0 unspecified atom stereocenters. The average molecular weight is 437 g/mol. The van der Waals surface area contributed by atoms with Crippen molar-refractivity contribution >= 4 is 33.6 Å². The molecular formula is C18H19N3O8S. The third-order valence-electron chi connectivity index (χ3n) is 3.65. The Morgan fingerprint density at radius 3 is 2.23 bits per heavy atom. The highest BCUT2D eigenvalue weighted by Crippen LogP contribution is 2.22. The second-order valence-electron chi connectivity index (χ2n) is 5.71. The fourth-order valence-electron chi connectivity index (χ4n) is 2.23. The van der Waals surface area contributed by atoms with Gasteiger partial charge in [0.25, 0.3) is 5.91 Å². The summed E-state index contributed by atoms with van der Waals surface area (Å²) >= 11 is 0. The van der Waals surface area contributed by atoms with Crippen LogP contribution < -0.4 is 25.2 Å². The quantitative estimate of drug-likeness (QED) is 0.537. The first-order valence-corrected chi connectivity index (χ1v) is 9.81. The largest absolute Gasteiger partial charge is 0.497 e. The average Bonchev–Trinajstić information content (AvgIpc) is 2.71. The Morgan fingerprint density at radius 2 is 1.67 bits per heavy atom. The summed E-state index contributed by atoms with van der Waals surface area (Å²) in [6, 6.07) is 8.85. The number of hydrogen-bond donors (Lipinski definition) is 3. The van der Waals surface area contributed by atoms with E-state index in [1.54, 1.807) is 24.3 Å². The number of benzene rings is 2. The number of esters is 1. The number of nitrogens with one attached hydrogen (secondary N) is 2. The number of carbonyl (C=O) groups excluding carboxylic acids is 3. The second kappa shape index (κ2) is 9.71. The zero-order chi connectivity index (χ0) is 22.3. The molecule has 0 saturated carbocycles. The number of nitrogens with two attached hydrogens (primary N) is 1. The number of hydrogen-bond acceptors (Lipinski definition) is 8. The molecule has 3 amide bonds. The van der Waals surface area contributed by atoms with Crippen LogP contribution >= 0.6 is 0 Å². The smallest absolute Gasteiger partial charge is 0.342 e. The van der Waals surface area contributed by atoms with E-state index < -0.39 is 34.5 Å². The Kier molecular flexibility index (Phi) is 7.33. The molecule has 160 valence electrons. The molecule has 11 nitrogen and oxygen atoms in total. The molecule has 0 aliphatic rings. The lowest BCUT2D eigenvalue weighted by Crippen LogP contribution is -2.37. The molecule has 0 heterocycles. The normalized spacial score (nSPS) is 10.6. The topological polar surface area (TPSA) is 163 Å². The van der Waals surface area contributed by atoms with Crippen LogP contribution in [0.3, 0.4) is 0 Å². The zero-order valence-corrected chi connectivity index (χ0v) is 16.8. The molecule has 0 aliphatic heterocycles. The van der Waals surface area contributed by atoms with Gasteiger partial charge in [0, 0.05) is 5.69 Å². The van der Waals surface area contributed by atoms with E-state index in [4.69, 9.17) is 19.3 Å². The van der Waals surface area contributed by atoms with E-state index in [9.17, 15) is 22.8 Å². The molecule has 0 fully saturated rings. The first kappa shape index (κ1) is 22.6. The Morgan fingerprint density at radius 1 is 1.00 bits per heavy atom. The minimum atomic E-state index is -4.07. The van der Waals surface area contributed by atoms with Crippen molar-refractivity contribution in [1.29, 1.82) is 0 Å². The molecule has 12 heteroatoms. The zero-order valence-electron chi connectivity index (χ0n) is 16.0. The highest BCUT2D eigenvalue weighted by atomic mass is 32.2. The van der Waals surface area contributed by atoms with Crippen molar-refractivity contribution in [2.75, 3.05) is 26.1 Å². The fraction of sp³-hybridized carbons (Fsp3) is 0.167. The van der Waals surface area contributed by atoms with Gasteiger partial charge in [-0.25, -0.2) is 23.1 Å². The van der Waals surface area contributed by atoms with Crippen LogP contribution in [0.25, 0.3) is 0 Å². The van der Waals surface area contributed by atoms with Crippen LogP contribution in [0.15, 0.2) is 47.4 Å². The lowest BCUT2D eigenvalue weighted by molar-refractivity contribution is -0.123. The minimum Gasteiger partial charge on any atom is -0.497 e. The van der Waals surface area contributed by atoms with Crippen molar-refractivity contribution in [3.05, 3.63) is 48.0 Å². The molecule has 0 atom stereocenters. The number of urea groups is 1. The fourth-order valence-corrected chi connectivity index (χ4v) is 2.77. The molecule has 0 aliphatic carbocycles. The summed E-state index contributed by atoms with van der Waals surface area (Å²) in [5.41, 5.74) is 0.155. The third-order valence-corrected chi connectivity index (χ3v) is 4.57. The van der Waals surface area contributed by atoms with E-state index in [0.717, 1.165) is 12.1 Å². The molecule has 2 rings (SSSR count). The minimum absolute atomic E-state index is 0.0186. The Bertz CT molecular complexity index is 1050. The van der Waals surface area contributed by atoms with Gasteiger partial charge in [0.05, 0.1) is 19.1 Å². The molecule has 2 aromatic rings. The van der Waals surface area contributed by atoms with Crippen molar-refractivity contribution in [3.63, 3.8) is 0 Å². The van der Waals surface area contributed by atoms with Gasteiger partial charge >= 0.3 is 12.0 Å². The van der Waals surface area contributed by atoms with Gasteiger partial charge < -0.3 is 19.5 Å². The third kappa shape index (κ3) is 6.18. The van der Waals surface area contributed by atoms with Crippen molar-refractivity contribution < 1.29 is 37.0 Å². The van der Waals surface area contributed by atoms with E-state index in [-0.39, 0.29) is 16.2 Å². The van der Waals surface area contributed by atoms with E-state index in [1.165, 1.54) is 20.3 Å². The molecule has 0 saturated heterocycles. The van der Waals surface area contributed by atoms with Crippen LogP contribution in [0.5, 0.6) is 11.5 Å². The van der Waals surface area contributed by atoms with E-state index >= 15 is 0 Å². The predicted molar refractivity (Wildman–Crippen MR) is 105 cm³/mol. The first-order chi connectivity index (χ1) is 14.1. The predicted octanol–water partition coefficient (Wildman–Crippen LogP) is 0.856. The maximum atomic E-state index is 12.2. The van der Waals surface area contributed by atoms with Crippen molar-refractivity contribution in [2.24, 2.45) is 5.14 Å². The van der Waals surface area contributed by atoms with E-state index in [0.29, 0.717) is 11.4 Å². The maximum absolute atomic E-state index is 12.2. The van der Waals surface area contributed by atoms with Crippen LogP contribution in [0, 0.1) is 0 Å². The molecule has 4 N–H and O–H groups in total. The first-order valence-electron chi connectivity index (χ1n) is 8.27. The maximum Gasteiger partial charge on any atom is 0.342 e. The lowest BCUT2D eigenvalue weighted by atomic mass is 10.2. The summed E-state index contributed by atoms with van der Waals surface area (Å²) in [7, 11) is -1.31. The highest BCUT2D eigenvalue weighted by Gasteiger charge is 2.20. The van der Waals surface area contributed by atoms with Crippen LogP contribution in [0.1, 0.15) is 10.4 Å². The van der Waals surface area contributed by atoms with Gasteiger partial charge in [-0.2, -0.15) is 0 Å². The molecule has 0 aromatic heterocycles. The summed E-state index contributed by atoms with van der Waals surface area (Å²) < 4.78 is 37.7. The number of sulfonamides is 1. The van der Waals surface area contributed by atoms with Crippen LogP contribution in [-0.4, -0.2) is 47.2 Å². The summed E-state index contributed by atoms with van der Waals surface area (Å²) in [6.07, 6.45) is 0. The molecule has 0 spiro atoms. The van der Waals surface area contributed by atoms with Crippen LogP contribution in [0.4, 0.5) is 10.5 Å². The molecule has 0 bridgehead atoms. The Hall–Kier alpha value is -3.64. The summed E-state index contributed by atoms with van der Waals surface area (Å²) in [6.45, 7) is -0.794. The molecule has 0 radical (unpaired) electrons. The van der Waals surface area contributed by atoms with Gasteiger partial charge in [-0.1, -0.05) is 0 Å². The number of rotatable bonds is 7. The Balaban J connectivity index is 1.95. The monoisotopic (exact) mass is 437 g/mol. The van der Waals surface area contributed by atoms with Crippen LogP contribution in [-0.2, 0) is 19.6 Å². The standard InChI is InChI=1S/C18H19N3O8S/c1-27-12-5-3-11(4-6-12)20-18(24)21-16(22)10-29-17(23)14-9-13(30(19,25)26)7-8-15(14)28-2/h3-9H,10H2,1-2H3,(H2,19,25,26)(H2,20,21,22,24). The number of methoxy groups -OCH3 is 2. The van der Waals surface area contributed by atoms with Gasteiger partial charge in [-0.15, -0.1) is 0 Å². The van der Waals surface area contributed by atoms with Crippen molar-refractivity contribution in [2.45, 2.75) is 4.90 Å². The molecular weight excluding hydrogens is 418 g/mol. The van der Waals surface area contributed by atoms with E-state index in [1.807, 2.05) is 5.32 Å². The number of amides is 3. The number of anilines is 1. The number of imide groups is 1. The lowest BCUT2D eigenvalue weighted by Gasteiger charge is -2.10.